The fourth-order valence-electron chi connectivity index (χ4n) is 6.04. The molecule has 0 bridgehead atoms. The second-order valence-electron chi connectivity index (χ2n) is 15.3. The van der Waals surface area contributed by atoms with Gasteiger partial charge in [-0.2, -0.15) is 34.1 Å². The van der Waals surface area contributed by atoms with E-state index in [0.29, 0.717) is 56.6 Å². The molecule has 8 rings (SSSR count). The molecule has 25 nitrogen and oxygen atoms in total. The van der Waals surface area contributed by atoms with Gasteiger partial charge >= 0.3 is 12.3 Å². The van der Waals surface area contributed by atoms with Gasteiger partial charge in [0.25, 0.3) is 16.7 Å². The van der Waals surface area contributed by atoms with E-state index in [2.05, 4.69) is 70.6 Å². The average Bonchev–Trinajstić information content (AvgIpc) is 4.19. The molecule has 0 aliphatic heterocycles. The average molecular weight is 1110 g/mol. The summed E-state index contributed by atoms with van der Waals surface area (Å²) in [6, 6.07) is 15.5. The van der Waals surface area contributed by atoms with Gasteiger partial charge in [0.15, 0.2) is 5.16 Å². The first-order valence-electron chi connectivity index (χ1n) is 22.2. The number of aromatic amines is 2. The Labute approximate surface area is 447 Å². The zero-order valence-corrected chi connectivity index (χ0v) is 44.7. The molecule has 8 aromatic rings. The molecule has 0 fully saturated rings. The van der Waals surface area contributed by atoms with Crippen LogP contribution in [0.3, 0.4) is 0 Å². The van der Waals surface area contributed by atoms with Gasteiger partial charge in [0.1, 0.15) is 11.6 Å². The number of para-hydroxylation sites is 1. The summed E-state index contributed by atoms with van der Waals surface area (Å²) >= 11 is 5.15. The molecule has 0 unspecified atom stereocenters. The lowest BCUT2D eigenvalue weighted by atomic mass is 10.1. The lowest BCUT2D eigenvalue weighted by Gasteiger charge is -2.16. The first-order valence-corrected chi connectivity index (χ1v) is 26.0. The van der Waals surface area contributed by atoms with Crippen LogP contribution in [0.4, 0.5) is 32.5 Å². The molecule has 0 radical (unpaired) electrons. The van der Waals surface area contributed by atoms with Crippen molar-refractivity contribution in [2.45, 2.75) is 72.4 Å². The summed E-state index contributed by atoms with van der Waals surface area (Å²) in [7, 11) is 0. The Kier molecular flexibility index (Phi) is 24.0. The van der Waals surface area contributed by atoms with Crippen molar-refractivity contribution in [2.75, 3.05) is 6.26 Å². The highest BCUT2D eigenvalue weighted by Gasteiger charge is 2.20. The van der Waals surface area contributed by atoms with Crippen molar-refractivity contribution in [3.63, 3.8) is 0 Å². The Bertz CT molecular complexity index is 3530. The Balaban J connectivity index is 0.000000246. The Morgan fingerprint density at radius 3 is 1.66 bits per heavy atom. The third kappa shape index (κ3) is 17.7. The minimum atomic E-state index is -0.540. The molecule has 394 valence electrons. The van der Waals surface area contributed by atoms with Crippen LogP contribution < -0.4 is 16.7 Å². The van der Waals surface area contributed by atoms with E-state index >= 15 is 0 Å². The van der Waals surface area contributed by atoms with Gasteiger partial charge in [0.2, 0.25) is 50.1 Å². The van der Waals surface area contributed by atoms with Crippen molar-refractivity contribution in [3.8, 4) is 23.3 Å². The number of hydrogen-bond acceptors (Lipinski definition) is 26. The van der Waals surface area contributed by atoms with Gasteiger partial charge in [0, 0.05) is 35.2 Å². The van der Waals surface area contributed by atoms with E-state index < -0.39 is 34.3 Å². The van der Waals surface area contributed by atoms with Crippen LogP contribution in [0.2, 0.25) is 0 Å². The molecule has 0 spiro atoms. The zero-order chi connectivity index (χ0) is 55.7. The Hall–Kier alpha value is -8.72. The summed E-state index contributed by atoms with van der Waals surface area (Å²) in [6.07, 6.45) is 6.35. The number of carbonyl (C=O) groups excluding carboxylic acids is 4. The molecular weight excluding hydrogens is 1060 g/mol. The van der Waals surface area contributed by atoms with Gasteiger partial charge in [-0.1, -0.05) is 81.9 Å². The van der Waals surface area contributed by atoms with Gasteiger partial charge in [-0.15, -0.1) is 64.7 Å². The maximum atomic E-state index is 13.5. The lowest BCUT2D eigenvalue weighted by molar-refractivity contribution is -0.193. The van der Waals surface area contributed by atoms with E-state index in [4.69, 9.17) is 19.2 Å². The second kappa shape index (κ2) is 30.5. The largest absolute Gasteiger partial charge is 0.492 e. The minimum absolute atomic E-state index is 0.198. The predicted octanol–water partition coefficient (Wildman–Crippen LogP) is 9.59. The van der Waals surface area contributed by atoms with E-state index in [-0.39, 0.29) is 29.4 Å². The van der Waals surface area contributed by atoms with Crippen molar-refractivity contribution < 1.29 is 34.5 Å². The lowest BCUT2D eigenvalue weighted by Crippen LogP contribution is -2.24. The fraction of sp³-hybridized carbons (Fsp3) is 0.255. The number of nitrogens with one attached hydrogen (secondary N) is 2. The third-order valence-electron chi connectivity index (χ3n) is 9.58. The van der Waals surface area contributed by atoms with Crippen LogP contribution in [0.1, 0.15) is 67.4 Å². The Morgan fingerprint density at radius 2 is 1.17 bits per heavy atom. The maximum Gasteiger partial charge on any atom is 0.373 e. The number of hydrogen-bond donors (Lipinski definition) is 5. The quantitative estimate of drug-likeness (QED) is 0.0384. The fourth-order valence-corrected chi connectivity index (χ4v) is 8.30. The molecule has 0 saturated carbocycles. The van der Waals surface area contributed by atoms with Crippen molar-refractivity contribution in [3.05, 3.63) is 142 Å². The van der Waals surface area contributed by atoms with Crippen molar-refractivity contribution in [1.82, 2.24) is 44.4 Å². The van der Waals surface area contributed by atoms with Crippen molar-refractivity contribution in [2.24, 2.45) is 36.6 Å². The number of thiazole rings is 3. The minimum Gasteiger partial charge on any atom is -0.492 e. The number of aryl methyl sites for hydroxylation is 4. The molecule has 0 aliphatic carbocycles. The van der Waals surface area contributed by atoms with Crippen LogP contribution >= 0.6 is 45.8 Å². The topological polar surface area (TPSA) is 368 Å². The number of H-pyrrole nitrogens is 2. The van der Waals surface area contributed by atoms with Crippen LogP contribution in [-0.4, -0.2) is 78.3 Å². The van der Waals surface area contributed by atoms with E-state index in [1.807, 2.05) is 101 Å². The molecule has 76 heavy (non-hydrogen) atoms. The molecule has 0 atom stereocenters. The highest BCUT2D eigenvalue weighted by atomic mass is 32.2. The molecule has 29 heteroatoms. The second-order valence-corrected chi connectivity index (χ2v) is 18.6. The first kappa shape index (κ1) is 59.8. The molecular formula is C47H47N15O10S4. The van der Waals surface area contributed by atoms with Crippen molar-refractivity contribution >= 4 is 90.5 Å². The number of nitrogens with zero attached hydrogens (tertiary/aromatic N) is 13. The smallest absolute Gasteiger partial charge is 0.373 e. The molecule has 0 amide bonds. The molecule has 6 heterocycles. The van der Waals surface area contributed by atoms with Gasteiger partial charge in [0.05, 0.1) is 17.1 Å². The summed E-state index contributed by atoms with van der Waals surface area (Å²) in [6.45, 7) is 11.9. The first-order chi connectivity index (χ1) is 36.5. The molecule has 0 aliphatic rings. The van der Waals surface area contributed by atoms with Crippen LogP contribution in [0.25, 0.3) is 5.69 Å². The molecule has 2 aromatic carbocycles. The summed E-state index contributed by atoms with van der Waals surface area (Å²) in [5.74, 6) is -0.113. The van der Waals surface area contributed by atoms with Gasteiger partial charge in [-0.25, -0.2) is 15.0 Å². The monoisotopic (exact) mass is 1110 g/mol. The van der Waals surface area contributed by atoms with Gasteiger partial charge in [-0.05, 0) is 61.6 Å². The summed E-state index contributed by atoms with van der Waals surface area (Å²) < 4.78 is 1.51. The van der Waals surface area contributed by atoms with Crippen LogP contribution in [0.15, 0.2) is 121 Å². The zero-order valence-electron chi connectivity index (χ0n) is 41.5. The number of thioether (sulfide) groups is 1. The van der Waals surface area contributed by atoms with E-state index in [9.17, 15) is 29.7 Å². The SMILES string of the molecule is CCc1csc(N=Nc2c(O)nc(CC(C)C)[nH]c2=O)n1.CCc1csc(N=Nc2c(O)nc(Cc3ccccc3C)n(-c3ccccc3C)c2=O)n1.CSc1nc(O)c(N=Nc2nccs2)c(=O)[nH]1.O=C=O.O=C=O. The van der Waals surface area contributed by atoms with E-state index in [0.717, 1.165) is 40.9 Å². The van der Waals surface area contributed by atoms with E-state index in [1.165, 1.54) is 50.3 Å². The summed E-state index contributed by atoms with van der Waals surface area (Å²) in [5.41, 5.74) is 3.35. The van der Waals surface area contributed by atoms with Gasteiger partial charge < -0.3 is 20.3 Å². The predicted molar refractivity (Wildman–Crippen MR) is 281 cm³/mol. The number of benzene rings is 2. The summed E-state index contributed by atoms with van der Waals surface area (Å²) in [5, 5.41) is 60.1. The molecule has 0 saturated heterocycles. The van der Waals surface area contributed by atoms with Crippen molar-refractivity contribution in [1.29, 1.82) is 0 Å². The molecule has 6 aromatic heterocycles. The number of aromatic nitrogens is 9. The molecule has 5 N–H and O–H groups in total. The van der Waals surface area contributed by atoms with Gasteiger partial charge in [-0.3, -0.25) is 23.9 Å². The number of rotatable bonds is 14. The van der Waals surface area contributed by atoms with Crippen LogP contribution in [0.5, 0.6) is 17.6 Å². The third-order valence-corrected chi connectivity index (χ3v) is 12.4. The normalized spacial score (nSPS) is 10.7. The number of azo groups is 3. The highest BCUT2D eigenvalue weighted by molar-refractivity contribution is 7.98. The van der Waals surface area contributed by atoms with Crippen LogP contribution in [-0.2, 0) is 44.9 Å². The van der Waals surface area contributed by atoms with Crippen LogP contribution in [0, 0.1) is 19.8 Å². The maximum absolute atomic E-state index is 13.5. The Morgan fingerprint density at radius 1 is 0.658 bits per heavy atom. The highest BCUT2D eigenvalue weighted by Crippen LogP contribution is 2.29. The standard InChI is InChI=1S/C24H23N5O2S.C13H17N5O2S.C8H7N5O2S2.2CO2/c1-4-18-14-32-24(25-18)28-27-21-22(30)26-20(13-17-11-7-5-9-15(17)2)29(23(21)31)19-12-8-6-10-16(19)3;1-4-8-6-21-13(14-8)18-17-10-11(19)15-9(5-7(2)3)16-12(10)20;1-16-8-10-5(14)4(6(15)11-8)12-13-7-9-2-3-17-7;2*2-1-3/h5-12,14,30H,4,13H2,1-3H3;6-7H,4-5H2,1-3H3,(H2,15,16,19,20);2-3H,1H3,(H2,10,11,14,15);;. The summed E-state index contributed by atoms with van der Waals surface area (Å²) in [4.78, 5) is 99.0. The van der Waals surface area contributed by atoms with E-state index in [1.54, 1.807) is 17.8 Å². The number of aromatic hydroxyl groups is 3.